The molecule has 2 N–H and O–H groups in total. The summed E-state index contributed by atoms with van der Waals surface area (Å²) in [6, 6.07) is 6.67. The van der Waals surface area contributed by atoms with Crippen molar-refractivity contribution in [3.05, 3.63) is 41.0 Å². The van der Waals surface area contributed by atoms with E-state index in [1.807, 2.05) is 0 Å². The zero-order valence-corrected chi connectivity index (χ0v) is 8.01. The molecule has 0 unspecified atom stereocenters. The first-order valence-electron chi connectivity index (χ1n) is 4.80. The number of hydrogen-bond donors (Lipinski definition) is 1. The Kier molecular flexibility index (Phi) is 2.19. The van der Waals surface area contributed by atoms with Gasteiger partial charge in [0.1, 0.15) is 0 Å². The molecule has 0 fully saturated rings. The molecule has 68 valence electrons. The molecule has 2 rings (SSSR count). The van der Waals surface area contributed by atoms with Crippen LogP contribution in [0.4, 0.5) is 0 Å². The zero-order valence-electron chi connectivity index (χ0n) is 8.01. The van der Waals surface area contributed by atoms with Crippen LogP contribution in [-0.4, -0.2) is 6.54 Å². The van der Waals surface area contributed by atoms with Gasteiger partial charge < -0.3 is 5.73 Å². The number of hydrogen-bond acceptors (Lipinski definition) is 1. The monoisotopic (exact) mass is 173 g/mol. The molecule has 0 saturated carbocycles. The van der Waals surface area contributed by atoms with Gasteiger partial charge in [-0.1, -0.05) is 29.8 Å². The predicted octanol–water partition coefficient (Wildman–Crippen LogP) is 2.28. The molecule has 0 atom stereocenters. The highest BCUT2D eigenvalue weighted by Gasteiger charge is 2.12. The van der Waals surface area contributed by atoms with Crippen molar-refractivity contribution in [3.8, 4) is 0 Å². The molecule has 0 amide bonds. The minimum atomic E-state index is 0.749. The van der Waals surface area contributed by atoms with Gasteiger partial charge in [-0.25, -0.2) is 0 Å². The summed E-state index contributed by atoms with van der Waals surface area (Å²) in [5.41, 5.74) is 11.2. The molecule has 0 radical (unpaired) electrons. The number of allylic oxidation sites excluding steroid dienone is 1. The van der Waals surface area contributed by atoms with Gasteiger partial charge >= 0.3 is 0 Å². The number of aryl methyl sites for hydroxylation is 1. The maximum absolute atomic E-state index is 5.56. The lowest BCUT2D eigenvalue weighted by molar-refractivity contribution is 1.02. The largest absolute Gasteiger partial charge is 0.330 e. The SMILES string of the molecule is Cc1ccc2c(c1)C(CCN)=CC2. The summed E-state index contributed by atoms with van der Waals surface area (Å²) in [4.78, 5) is 0. The summed E-state index contributed by atoms with van der Waals surface area (Å²) in [6.45, 7) is 2.89. The van der Waals surface area contributed by atoms with Gasteiger partial charge in [-0.15, -0.1) is 0 Å². The van der Waals surface area contributed by atoms with Crippen LogP contribution >= 0.6 is 0 Å². The van der Waals surface area contributed by atoms with Crippen molar-refractivity contribution in [3.63, 3.8) is 0 Å². The Hall–Kier alpha value is -1.08. The minimum absolute atomic E-state index is 0.749. The highest BCUT2D eigenvalue weighted by Crippen LogP contribution is 2.29. The first-order chi connectivity index (χ1) is 6.31. The fourth-order valence-corrected chi connectivity index (χ4v) is 1.90. The number of benzene rings is 1. The molecule has 13 heavy (non-hydrogen) atoms. The normalized spacial score (nSPS) is 14.2. The van der Waals surface area contributed by atoms with Crippen molar-refractivity contribution in [2.45, 2.75) is 19.8 Å². The lowest BCUT2D eigenvalue weighted by Crippen LogP contribution is -1.99. The second-order valence-electron chi connectivity index (χ2n) is 3.63. The Bertz CT molecular complexity index is 350. The first-order valence-corrected chi connectivity index (χ1v) is 4.80. The van der Waals surface area contributed by atoms with Crippen molar-refractivity contribution in [2.24, 2.45) is 5.73 Å². The quantitative estimate of drug-likeness (QED) is 0.729. The van der Waals surface area contributed by atoms with E-state index in [-0.39, 0.29) is 0 Å². The van der Waals surface area contributed by atoms with E-state index in [9.17, 15) is 0 Å². The predicted molar refractivity (Wildman–Crippen MR) is 56.5 cm³/mol. The second-order valence-corrected chi connectivity index (χ2v) is 3.63. The molecule has 0 saturated heterocycles. The lowest BCUT2D eigenvalue weighted by Gasteiger charge is -2.05. The Morgan fingerprint density at radius 3 is 3.00 bits per heavy atom. The molecule has 1 aromatic rings. The highest BCUT2D eigenvalue weighted by atomic mass is 14.5. The maximum Gasteiger partial charge on any atom is -0.00366 e. The van der Waals surface area contributed by atoms with Crippen LogP contribution in [0.2, 0.25) is 0 Å². The van der Waals surface area contributed by atoms with Gasteiger partial charge in [-0.2, -0.15) is 0 Å². The molecule has 1 aromatic carbocycles. The smallest absolute Gasteiger partial charge is 0.00366 e. The van der Waals surface area contributed by atoms with Crippen molar-refractivity contribution in [1.29, 1.82) is 0 Å². The molecule has 1 nitrogen and oxygen atoms in total. The molecule has 0 bridgehead atoms. The van der Waals surface area contributed by atoms with Gasteiger partial charge in [-0.05, 0) is 43.0 Å². The Labute approximate surface area is 79.3 Å². The molecular weight excluding hydrogens is 158 g/mol. The summed E-state index contributed by atoms with van der Waals surface area (Å²) in [7, 11) is 0. The summed E-state index contributed by atoms with van der Waals surface area (Å²) in [5, 5.41) is 0. The van der Waals surface area contributed by atoms with Crippen LogP contribution in [0.25, 0.3) is 5.57 Å². The molecule has 0 spiro atoms. The van der Waals surface area contributed by atoms with Crippen LogP contribution in [0.5, 0.6) is 0 Å². The van der Waals surface area contributed by atoms with Crippen molar-refractivity contribution in [1.82, 2.24) is 0 Å². The fraction of sp³-hybridized carbons (Fsp3) is 0.333. The number of fused-ring (bicyclic) bond motifs is 1. The van der Waals surface area contributed by atoms with E-state index >= 15 is 0 Å². The second kappa shape index (κ2) is 3.35. The third kappa shape index (κ3) is 1.52. The molecule has 0 aliphatic heterocycles. The van der Waals surface area contributed by atoms with Crippen molar-refractivity contribution < 1.29 is 0 Å². The van der Waals surface area contributed by atoms with E-state index in [0.717, 1.165) is 19.4 Å². The summed E-state index contributed by atoms with van der Waals surface area (Å²) in [5.74, 6) is 0. The van der Waals surface area contributed by atoms with Crippen molar-refractivity contribution in [2.75, 3.05) is 6.54 Å². The van der Waals surface area contributed by atoms with E-state index in [4.69, 9.17) is 5.73 Å². The number of nitrogens with two attached hydrogens (primary N) is 1. The van der Waals surface area contributed by atoms with Crippen LogP contribution in [0, 0.1) is 6.92 Å². The Morgan fingerprint density at radius 2 is 2.23 bits per heavy atom. The van der Waals surface area contributed by atoms with Crippen LogP contribution in [-0.2, 0) is 6.42 Å². The topological polar surface area (TPSA) is 26.0 Å². The van der Waals surface area contributed by atoms with Crippen LogP contribution in [0.1, 0.15) is 23.1 Å². The fourth-order valence-electron chi connectivity index (χ4n) is 1.90. The average molecular weight is 173 g/mol. The first kappa shape index (κ1) is 8.52. The molecular formula is C12H15N. The molecule has 1 heteroatoms. The van der Waals surface area contributed by atoms with Crippen LogP contribution < -0.4 is 5.73 Å². The van der Waals surface area contributed by atoms with E-state index in [1.165, 1.54) is 22.3 Å². The van der Waals surface area contributed by atoms with E-state index in [1.54, 1.807) is 0 Å². The standard InChI is InChI=1S/C12H15N/c1-9-2-3-10-4-5-11(6-7-13)12(10)8-9/h2-3,5,8H,4,6-7,13H2,1H3. The minimum Gasteiger partial charge on any atom is -0.330 e. The molecule has 0 heterocycles. The third-order valence-corrected chi connectivity index (χ3v) is 2.59. The van der Waals surface area contributed by atoms with Gasteiger partial charge in [0.05, 0.1) is 0 Å². The van der Waals surface area contributed by atoms with E-state index in [0.29, 0.717) is 0 Å². The maximum atomic E-state index is 5.56. The third-order valence-electron chi connectivity index (χ3n) is 2.59. The van der Waals surface area contributed by atoms with Gasteiger partial charge in [0.2, 0.25) is 0 Å². The number of rotatable bonds is 2. The van der Waals surface area contributed by atoms with Gasteiger partial charge in [-0.3, -0.25) is 0 Å². The lowest BCUT2D eigenvalue weighted by atomic mass is 10.0. The molecule has 1 aliphatic rings. The summed E-state index contributed by atoms with van der Waals surface area (Å²) >= 11 is 0. The Balaban J connectivity index is 2.36. The summed E-state index contributed by atoms with van der Waals surface area (Å²) < 4.78 is 0. The van der Waals surface area contributed by atoms with E-state index < -0.39 is 0 Å². The molecule has 0 aromatic heterocycles. The summed E-state index contributed by atoms with van der Waals surface area (Å²) in [6.07, 6.45) is 4.40. The van der Waals surface area contributed by atoms with Crippen LogP contribution in [0.15, 0.2) is 24.3 Å². The Morgan fingerprint density at radius 1 is 1.38 bits per heavy atom. The van der Waals surface area contributed by atoms with Crippen molar-refractivity contribution >= 4 is 5.57 Å². The van der Waals surface area contributed by atoms with Crippen LogP contribution in [0.3, 0.4) is 0 Å². The average Bonchev–Trinajstić information content (AvgIpc) is 2.49. The zero-order chi connectivity index (χ0) is 9.26. The van der Waals surface area contributed by atoms with Gasteiger partial charge in [0.25, 0.3) is 0 Å². The highest BCUT2D eigenvalue weighted by molar-refractivity contribution is 5.73. The van der Waals surface area contributed by atoms with Gasteiger partial charge in [0, 0.05) is 0 Å². The van der Waals surface area contributed by atoms with E-state index in [2.05, 4.69) is 31.2 Å². The molecule has 1 aliphatic carbocycles. The van der Waals surface area contributed by atoms with Gasteiger partial charge in [0.15, 0.2) is 0 Å².